The first-order chi connectivity index (χ1) is 15.0. The first kappa shape index (κ1) is 23.3. The van der Waals surface area contributed by atoms with Crippen LogP contribution in [0.5, 0.6) is 5.75 Å². The smallest absolute Gasteiger partial charge is 0.261 e. The number of carbonyl (C=O) groups is 2. The number of carbonyl (C=O) groups excluding carboxylic acids is 2. The Hall–Kier alpha value is -2.34. The van der Waals surface area contributed by atoms with Crippen LogP contribution in [-0.2, 0) is 22.6 Å². The highest BCUT2D eigenvalue weighted by Crippen LogP contribution is 2.20. The summed E-state index contributed by atoms with van der Waals surface area (Å²) in [5, 5.41) is 3.11. The molecule has 1 atom stereocenters. The molecule has 0 bridgehead atoms. The molecule has 0 heterocycles. The van der Waals surface area contributed by atoms with Crippen LogP contribution >= 0.6 is 15.9 Å². The molecule has 2 amide bonds. The van der Waals surface area contributed by atoms with E-state index in [1.165, 1.54) is 5.56 Å². The molecular formula is C25H31BrN2O3. The molecule has 0 aliphatic heterocycles. The second-order valence-corrected chi connectivity index (χ2v) is 9.02. The van der Waals surface area contributed by atoms with E-state index in [1.807, 2.05) is 48.5 Å². The Balaban J connectivity index is 1.69. The lowest BCUT2D eigenvalue weighted by atomic mass is 10.1. The molecule has 5 nitrogen and oxygen atoms in total. The van der Waals surface area contributed by atoms with E-state index in [0.717, 1.165) is 42.1 Å². The molecule has 166 valence electrons. The van der Waals surface area contributed by atoms with Gasteiger partial charge in [-0.05, 0) is 61.6 Å². The average molecular weight is 487 g/mol. The van der Waals surface area contributed by atoms with Crippen molar-refractivity contribution in [2.24, 2.45) is 0 Å². The van der Waals surface area contributed by atoms with Crippen LogP contribution in [-0.4, -0.2) is 35.4 Å². The van der Waals surface area contributed by atoms with Crippen LogP contribution in [0, 0.1) is 0 Å². The van der Waals surface area contributed by atoms with E-state index in [2.05, 4.69) is 28.2 Å². The molecule has 0 radical (unpaired) electrons. The van der Waals surface area contributed by atoms with E-state index in [9.17, 15) is 9.59 Å². The zero-order valence-electron chi connectivity index (χ0n) is 18.3. The second kappa shape index (κ2) is 11.3. The number of aryl methyl sites for hydroxylation is 1. The van der Waals surface area contributed by atoms with Gasteiger partial charge in [-0.15, -0.1) is 0 Å². The Labute approximate surface area is 193 Å². The minimum Gasteiger partial charge on any atom is -0.484 e. The van der Waals surface area contributed by atoms with Crippen molar-refractivity contribution < 1.29 is 14.3 Å². The predicted octanol–water partition coefficient (Wildman–Crippen LogP) is 4.87. The molecule has 0 aromatic heterocycles. The van der Waals surface area contributed by atoms with E-state index >= 15 is 0 Å². The number of hydrogen-bond donors (Lipinski definition) is 1. The van der Waals surface area contributed by atoms with Crippen molar-refractivity contribution in [3.8, 4) is 5.75 Å². The molecule has 1 N–H and O–H groups in total. The summed E-state index contributed by atoms with van der Waals surface area (Å²) in [5.41, 5.74) is 2.17. The van der Waals surface area contributed by atoms with Crippen LogP contribution in [0.4, 0.5) is 0 Å². The van der Waals surface area contributed by atoms with Gasteiger partial charge in [0.25, 0.3) is 5.91 Å². The molecule has 31 heavy (non-hydrogen) atoms. The number of benzene rings is 2. The SMILES string of the molecule is CCc1ccc(OCC(=O)N(Cc2cccc(Br)c2)[C@H](C)C(=O)NC2CCCC2)cc1. The standard InChI is InChI=1S/C25H31BrN2O3/c1-3-19-11-13-23(14-12-19)31-17-24(29)28(16-20-7-6-8-21(26)15-20)18(2)25(30)27-22-9-4-5-10-22/h6-8,11-15,18,22H,3-5,9-10,16-17H2,1-2H3,(H,27,30)/t18-/m1/s1. The molecule has 1 aliphatic rings. The average Bonchev–Trinajstić information content (AvgIpc) is 3.28. The molecule has 2 aromatic carbocycles. The summed E-state index contributed by atoms with van der Waals surface area (Å²) >= 11 is 3.48. The van der Waals surface area contributed by atoms with Gasteiger partial charge in [-0.3, -0.25) is 9.59 Å². The molecule has 1 aliphatic carbocycles. The van der Waals surface area contributed by atoms with E-state index < -0.39 is 6.04 Å². The molecule has 0 spiro atoms. The van der Waals surface area contributed by atoms with E-state index in [1.54, 1.807) is 11.8 Å². The van der Waals surface area contributed by atoms with Gasteiger partial charge in [-0.2, -0.15) is 0 Å². The molecule has 1 fully saturated rings. The summed E-state index contributed by atoms with van der Waals surface area (Å²) in [7, 11) is 0. The fraction of sp³-hybridized carbons (Fsp3) is 0.440. The summed E-state index contributed by atoms with van der Waals surface area (Å²) in [6.45, 7) is 4.11. The summed E-state index contributed by atoms with van der Waals surface area (Å²) < 4.78 is 6.68. The summed E-state index contributed by atoms with van der Waals surface area (Å²) in [4.78, 5) is 27.6. The predicted molar refractivity (Wildman–Crippen MR) is 126 cm³/mol. The van der Waals surface area contributed by atoms with Gasteiger partial charge in [-0.1, -0.05) is 60.0 Å². The van der Waals surface area contributed by atoms with E-state index in [4.69, 9.17) is 4.74 Å². The zero-order chi connectivity index (χ0) is 22.2. The quantitative estimate of drug-likeness (QED) is 0.550. The van der Waals surface area contributed by atoms with Gasteiger partial charge in [0.15, 0.2) is 6.61 Å². The van der Waals surface area contributed by atoms with Crippen molar-refractivity contribution in [1.82, 2.24) is 10.2 Å². The number of hydrogen-bond acceptors (Lipinski definition) is 3. The minimum atomic E-state index is -0.585. The van der Waals surface area contributed by atoms with Gasteiger partial charge in [0.2, 0.25) is 5.91 Å². The highest BCUT2D eigenvalue weighted by Gasteiger charge is 2.28. The van der Waals surface area contributed by atoms with Crippen LogP contribution in [0.1, 0.15) is 50.7 Å². The van der Waals surface area contributed by atoms with Crippen molar-refractivity contribution >= 4 is 27.7 Å². The van der Waals surface area contributed by atoms with Crippen LogP contribution < -0.4 is 10.1 Å². The number of nitrogens with one attached hydrogen (secondary N) is 1. The Morgan fingerprint density at radius 2 is 1.84 bits per heavy atom. The summed E-state index contributed by atoms with van der Waals surface area (Å²) in [5.74, 6) is 0.326. The molecule has 0 unspecified atom stereocenters. The molecular weight excluding hydrogens is 456 g/mol. The fourth-order valence-corrected chi connectivity index (χ4v) is 4.30. The van der Waals surface area contributed by atoms with Crippen LogP contribution in [0.2, 0.25) is 0 Å². The third kappa shape index (κ3) is 6.82. The Morgan fingerprint density at radius 1 is 1.13 bits per heavy atom. The van der Waals surface area contributed by atoms with Crippen LogP contribution in [0.25, 0.3) is 0 Å². The van der Waals surface area contributed by atoms with Crippen LogP contribution in [0.3, 0.4) is 0 Å². The monoisotopic (exact) mass is 486 g/mol. The Bertz CT molecular complexity index is 879. The number of halogens is 1. The number of rotatable bonds is 9. The normalized spacial score (nSPS) is 14.8. The van der Waals surface area contributed by atoms with E-state index in [-0.39, 0.29) is 24.5 Å². The molecule has 6 heteroatoms. The van der Waals surface area contributed by atoms with Crippen molar-refractivity contribution in [2.75, 3.05) is 6.61 Å². The largest absolute Gasteiger partial charge is 0.484 e. The highest BCUT2D eigenvalue weighted by atomic mass is 79.9. The van der Waals surface area contributed by atoms with Crippen molar-refractivity contribution in [2.45, 2.75) is 64.6 Å². The van der Waals surface area contributed by atoms with Crippen molar-refractivity contribution in [1.29, 1.82) is 0 Å². The first-order valence-corrected chi connectivity index (χ1v) is 11.8. The number of nitrogens with zero attached hydrogens (tertiary/aromatic N) is 1. The van der Waals surface area contributed by atoms with Gasteiger partial charge in [0, 0.05) is 17.1 Å². The van der Waals surface area contributed by atoms with Gasteiger partial charge in [0.05, 0.1) is 0 Å². The number of amides is 2. The van der Waals surface area contributed by atoms with Gasteiger partial charge < -0.3 is 15.0 Å². The topological polar surface area (TPSA) is 58.6 Å². The van der Waals surface area contributed by atoms with E-state index in [0.29, 0.717) is 12.3 Å². The summed E-state index contributed by atoms with van der Waals surface area (Å²) in [6, 6.07) is 15.2. The molecule has 2 aromatic rings. The lowest BCUT2D eigenvalue weighted by Crippen LogP contribution is -2.50. The third-order valence-corrected chi connectivity index (χ3v) is 6.30. The number of ether oxygens (including phenoxy) is 1. The third-order valence-electron chi connectivity index (χ3n) is 5.80. The zero-order valence-corrected chi connectivity index (χ0v) is 19.9. The maximum Gasteiger partial charge on any atom is 0.261 e. The maximum absolute atomic E-state index is 13.1. The van der Waals surface area contributed by atoms with Crippen LogP contribution in [0.15, 0.2) is 53.0 Å². The Morgan fingerprint density at radius 3 is 2.48 bits per heavy atom. The molecule has 1 saturated carbocycles. The van der Waals surface area contributed by atoms with Gasteiger partial charge in [-0.25, -0.2) is 0 Å². The lowest BCUT2D eigenvalue weighted by Gasteiger charge is -2.29. The summed E-state index contributed by atoms with van der Waals surface area (Å²) in [6.07, 6.45) is 5.26. The maximum atomic E-state index is 13.1. The van der Waals surface area contributed by atoms with Gasteiger partial charge >= 0.3 is 0 Å². The Kier molecular flexibility index (Phi) is 8.52. The highest BCUT2D eigenvalue weighted by molar-refractivity contribution is 9.10. The molecule has 0 saturated heterocycles. The molecule has 3 rings (SSSR count). The first-order valence-electron chi connectivity index (χ1n) is 11.0. The minimum absolute atomic E-state index is 0.109. The van der Waals surface area contributed by atoms with Crippen molar-refractivity contribution in [3.05, 3.63) is 64.1 Å². The van der Waals surface area contributed by atoms with Gasteiger partial charge in [0.1, 0.15) is 11.8 Å². The second-order valence-electron chi connectivity index (χ2n) is 8.10. The van der Waals surface area contributed by atoms with Crippen molar-refractivity contribution in [3.63, 3.8) is 0 Å². The fourth-order valence-electron chi connectivity index (χ4n) is 3.86. The lowest BCUT2D eigenvalue weighted by molar-refractivity contribution is -0.142.